The fourth-order valence-corrected chi connectivity index (χ4v) is 5.61. The average molecular weight is 536 g/mol. The fourth-order valence-electron chi connectivity index (χ4n) is 3.61. The number of hydrogen-bond donors (Lipinski definition) is 1. The third-order valence-corrected chi connectivity index (χ3v) is 7.18. The number of carbonyl (C=O) groups excluding carboxylic acids is 1. The molecule has 0 atom stereocenters. The van der Waals surface area contributed by atoms with Crippen molar-refractivity contribution in [2.45, 2.75) is 30.6 Å². The Bertz CT molecular complexity index is 1190. The van der Waals surface area contributed by atoms with E-state index in [0.29, 0.717) is 29.8 Å². The summed E-state index contributed by atoms with van der Waals surface area (Å²) >= 11 is 2.05. The zero-order valence-electron chi connectivity index (χ0n) is 16.2. The van der Waals surface area contributed by atoms with E-state index in [1.165, 1.54) is 12.3 Å². The normalized spacial score (nSPS) is 15.0. The molecule has 0 spiro atoms. The van der Waals surface area contributed by atoms with Crippen LogP contribution in [0.25, 0.3) is 11.0 Å². The number of anilines is 1. The molecule has 2 aromatic carbocycles. The first-order chi connectivity index (χ1) is 14.5. The van der Waals surface area contributed by atoms with Gasteiger partial charge >= 0.3 is 0 Å². The van der Waals surface area contributed by atoms with Crippen molar-refractivity contribution in [3.8, 4) is 0 Å². The Morgan fingerprint density at radius 2 is 1.73 bits per heavy atom. The first-order valence-electron chi connectivity index (χ1n) is 9.77. The first-order valence-corrected chi connectivity index (χ1v) is 12.3. The quantitative estimate of drug-likeness (QED) is 0.508. The molecule has 1 aliphatic rings. The van der Waals surface area contributed by atoms with Crippen molar-refractivity contribution in [2.75, 3.05) is 17.8 Å². The van der Waals surface area contributed by atoms with Crippen molar-refractivity contribution in [2.24, 2.45) is 0 Å². The van der Waals surface area contributed by atoms with Crippen LogP contribution < -0.4 is 4.72 Å². The maximum Gasteiger partial charge on any atom is 0.262 e. The number of hydrogen-bond acceptors (Lipinski definition) is 5. The molecule has 4 rings (SSSR count). The first kappa shape index (κ1) is 21.0. The van der Waals surface area contributed by atoms with Crippen LogP contribution in [0.3, 0.4) is 0 Å². The Kier molecular flexibility index (Phi) is 6.19. The maximum absolute atomic E-state index is 13.3. The van der Waals surface area contributed by atoms with Gasteiger partial charge in [0.2, 0.25) is 0 Å². The Labute approximate surface area is 189 Å². The molecule has 2 heterocycles. The number of amides is 1. The molecular weight excluding hydrogens is 515 g/mol. The Morgan fingerprint density at radius 1 is 1.00 bits per heavy atom. The van der Waals surface area contributed by atoms with Crippen LogP contribution in [-0.2, 0) is 10.0 Å². The van der Waals surface area contributed by atoms with Gasteiger partial charge in [0.05, 0.1) is 16.8 Å². The third kappa shape index (κ3) is 4.41. The molecule has 0 saturated carbocycles. The lowest BCUT2D eigenvalue weighted by molar-refractivity contribution is 0.0757. The third-order valence-electron chi connectivity index (χ3n) is 5.10. The van der Waals surface area contributed by atoms with Crippen molar-refractivity contribution >= 4 is 55.2 Å². The SMILES string of the molecule is O=C(c1ccc(I)cc1S(=O)(=O)Nc1cccc2nccnc12)N1CCCCCC1. The molecular formula is C21H21IN4O3S. The molecule has 0 bridgehead atoms. The highest BCUT2D eigenvalue weighted by Gasteiger charge is 2.27. The van der Waals surface area contributed by atoms with Gasteiger partial charge in [-0.15, -0.1) is 0 Å². The van der Waals surface area contributed by atoms with Gasteiger partial charge in [0.15, 0.2) is 0 Å². The molecule has 0 radical (unpaired) electrons. The highest BCUT2D eigenvalue weighted by Crippen LogP contribution is 2.27. The molecule has 9 heteroatoms. The Morgan fingerprint density at radius 3 is 2.50 bits per heavy atom. The van der Waals surface area contributed by atoms with E-state index in [9.17, 15) is 13.2 Å². The van der Waals surface area contributed by atoms with Gasteiger partial charge in [-0.05, 0) is 65.8 Å². The van der Waals surface area contributed by atoms with E-state index in [2.05, 4.69) is 37.3 Å². The van der Waals surface area contributed by atoms with Crippen molar-refractivity contribution in [3.05, 3.63) is 57.9 Å². The van der Waals surface area contributed by atoms with Crippen LogP contribution in [0.5, 0.6) is 0 Å². The second-order valence-corrected chi connectivity index (χ2v) is 10.1. The van der Waals surface area contributed by atoms with E-state index in [0.717, 1.165) is 29.3 Å². The number of fused-ring (bicyclic) bond motifs is 1. The maximum atomic E-state index is 13.3. The number of aromatic nitrogens is 2. The molecule has 0 unspecified atom stereocenters. The minimum Gasteiger partial charge on any atom is -0.339 e. The summed E-state index contributed by atoms with van der Waals surface area (Å²) in [5.41, 5.74) is 1.56. The van der Waals surface area contributed by atoms with E-state index in [1.54, 1.807) is 41.4 Å². The summed E-state index contributed by atoms with van der Waals surface area (Å²) in [6.45, 7) is 1.30. The molecule has 156 valence electrons. The lowest BCUT2D eigenvalue weighted by atomic mass is 10.2. The topological polar surface area (TPSA) is 92.3 Å². The molecule has 1 amide bonds. The second kappa shape index (κ2) is 8.84. The fraction of sp³-hybridized carbons (Fsp3) is 0.286. The number of carbonyl (C=O) groups is 1. The number of likely N-dealkylation sites (tertiary alicyclic amines) is 1. The number of sulfonamides is 1. The molecule has 0 aliphatic carbocycles. The van der Waals surface area contributed by atoms with Crippen LogP contribution in [0.1, 0.15) is 36.0 Å². The van der Waals surface area contributed by atoms with Crippen LogP contribution >= 0.6 is 22.6 Å². The summed E-state index contributed by atoms with van der Waals surface area (Å²) in [6, 6.07) is 10.0. The van der Waals surface area contributed by atoms with Gasteiger partial charge in [0.25, 0.3) is 15.9 Å². The monoisotopic (exact) mass is 536 g/mol. The van der Waals surface area contributed by atoms with Crippen LogP contribution in [-0.4, -0.2) is 42.3 Å². The van der Waals surface area contributed by atoms with Gasteiger partial charge < -0.3 is 4.90 Å². The van der Waals surface area contributed by atoms with E-state index >= 15 is 0 Å². The molecule has 1 aliphatic heterocycles. The minimum absolute atomic E-state index is 0.0236. The van der Waals surface area contributed by atoms with Crippen molar-refractivity contribution < 1.29 is 13.2 Å². The number of para-hydroxylation sites is 1. The van der Waals surface area contributed by atoms with Gasteiger partial charge in [0, 0.05) is 29.1 Å². The molecule has 3 aromatic rings. The molecule has 1 saturated heterocycles. The lowest BCUT2D eigenvalue weighted by Crippen LogP contribution is -2.33. The van der Waals surface area contributed by atoms with Crippen molar-refractivity contribution in [1.29, 1.82) is 0 Å². The summed E-state index contributed by atoms with van der Waals surface area (Å²) in [4.78, 5) is 23.4. The highest BCUT2D eigenvalue weighted by atomic mass is 127. The lowest BCUT2D eigenvalue weighted by Gasteiger charge is -2.22. The van der Waals surface area contributed by atoms with E-state index < -0.39 is 10.0 Å². The smallest absolute Gasteiger partial charge is 0.262 e. The van der Waals surface area contributed by atoms with Crippen molar-refractivity contribution in [1.82, 2.24) is 14.9 Å². The Balaban J connectivity index is 1.73. The molecule has 1 N–H and O–H groups in total. The highest BCUT2D eigenvalue weighted by molar-refractivity contribution is 14.1. The Hall–Kier alpha value is -2.27. The predicted molar refractivity (Wildman–Crippen MR) is 124 cm³/mol. The van der Waals surface area contributed by atoms with Crippen LogP contribution in [0.2, 0.25) is 0 Å². The standard InChI is InChI=1S/C21H21IN4O3S/c22-15-8-9-16(21(27)26-12-3-1-2-4-13-26)19(14-15)30(28,29)25-18-7-5-6-17-20(18)24-11-10-23-17/h5-11,14,25H,1-4,12-13H2. The van der Waals surface area contributed by atoms with E-state index in [-0.39, 0.29) is 16.4 Å². The molecule has 7 nitrogen and oxygen atoms in total. The summed E-state index contributed by atoms with van der Waals surface area (Å²) in [7, 11) is -4.02. The molecule has 30 heavy (non-hydrogen) atoms. The predicted octanol–water partition coefficient (Wildman–Crippen LogP) is 4.05. The summed E-state index contributed by atoms with van der Waals surface area (Å²) < 4.78 is 30.0. The zero-order chi connectivity index (χ0) is 21.1. The van der Waals surface area contributed by atoms with E-state index in [4.69, 9.17) is 0 Å². The van der Waals surface area contributed by atoms with Crippen LogP contribution in [0.4, 0.5) is 5.69 Å². The zero-order valence-corrected chi connectivity index (χ0v) is 19.2. The van der Waals surface area contributed by atoms with Crippen molar-refractivity contribution in [3.63, 3.8) is 0 Å². The summed E-state index contributed by atoms with van der Waals surface area (Å²) in [5, 5.41) is 0. The number of rotatable bonds is 4. The van der Waals surface area contributed by atoms with E-state index in [1.807, 2.05) is 0 Å². The number of nitrogens with zero attached hydrogens (tertiary/aromatic N) is 3. The van der Waals surface area contributed by atoms with Crippen LogP contribution in [0, 0.1) is 3.57 Å². The average Bonchev–Trinajstić information content (AvgIpc) is 3.03. The summed E-state index contributed by atoms with van der Waals surface area (Å²) in [6.07, 6.45) is 7.12. The van der Waals surface area contributed by atoms with Gasteiger partial charge in [-0.3, -0.25) is 19.5 Å². The number of nitrogens with one attached hydrogen (secondary N) is 1. The van der Waals surface area contributed by atoms with Gasteiger partial charge in [0.1, 0.15) is 10.4 Å². The minimum atomic E-state index is -4.02. The number of benzene rings is 2. The van der Waals surface area contributed by atoms with Gasteiger partial charge in [-0.2, -0.15) is 0 Å². The number of halogens is 1. The largest absolute Gasteiger partial charge is 0.339 e. The van der Waals surface area contributed by atoms with Gasteiger partial charge in [-0.25, -0.2) is 8.42 Å². The molecule has 1 fully saturated rings. The van der Waals surface area contributed by atoms with Crippen LogP contribution in [0.15, 0.2) is 53.7 Å². The summed E-state index contributed by atoms with van der Waals surface area (Å²) in [5.74, 6) is -0.244. The van der Waals surface area contributed by atoms with Gasteiger partial charge in [-0.1, -0.05) is 18.9 Å². The second-order valence-electron chi connectivity index (χ2n) is 7.18. The molecule has 1 aromatic heterocycles.